The monoisotopic (exact) mass is 265 g/mol. The molecule has 0 spiro atoms. The second kappa shape index (κ2) is 9.53. The Kier molecular flexibility index (Phi) is 7.86. The van der Waals surface area contributed by atoms with Crippen LogP contribution >= 0.6 is 0 Å². The standard InChI is InChI=1S/C15H23NO3/c1-2-9-19-10-8-15(18)16-14(12-17)11-13-6-4-3-5-7-13/h3-7,14,17H,2,8-12H2,1H3,(H,16,18). The fourth-order valence-corrected chi connectivity index (χ4v) is 1.77. The van der Waals surface area contributed by atoms with E-state index in [1.54, 1.807) is 0 Å². The van der Waals surface area contributed by atoms with E-state index >= 15 is 0 Å². The lowest BCUT2D eigenvalue weighted by atomic mass is 10.1. The van der Waals surface area contributed by atoms with Crippen LogP contribution in [-0.4, -0.2) is 36.9 Å². The summed E-state index contributed by atoms with van der Waals surface area (Å²) in [4.78, 5) is 11.7. The molecule has 0 radical (unpaired) electrons. The highest BCUT2D eigenvalue weighted by Gasteiger charge is 2.11. The van der Waals surface area contributed by atoms with Gasteiger partial charge in [0.05, 0.1) is 19.3 Å². The van der Waals surface area contributed by atoms with Crippen molar-refractivity contribution in [3.8, 4) is 0 Å². The van der Waals surface area contributed by atoms with Gasteiger partial charge in [-0.2, -0.15) is 0 Å². The maximum Gasteiger partial charge on any atom is 0.222 e. The number of amides is 1. The van der Waals surface area contributed by atoms with Crippen LogP contribution in [0.4, 0.5) is 0 Å². The van der Waals surface area contributed by atoms with E-state index in [-0.39, 0.29) is 18.6 Å². The first-order valence-corrected chi connectivity index (χ1v) is 6.78. The van der Waals surface area contributed by atoms with E-state index in [9.17, 15) is 9.90 Å². The Morgan fingerprint density at radius 1 is 1.32 bits per heavy atom. The average molecular weight is 265 g/mol. The number of hydrogen-bond acceptors (Lipinski definition) is 3. The first kappa shape index (κ1) is 15.7. The van der Waals surface area contributed by atoms with Crippen LogP contribution in [0.1, 0.15) is 25.3 Å². The number of carbonyl (C=O) groups is 1. The van der Waals surface area contributed by atoms with E-state index in [0.29, 0.717) is 26.1 Å². The van der Waals surface area contributed by atoms with Crippen LogP contribution in [0.25, 0.3) is 0 Å². The lowest BCUT2D eigenvalue weighted by Gasteiger charge is -2.16. The Morgan fingerprint density at radius 3 is 2.68 bits per heavy atom. The molecule has 0 aliphatic rings. The summed E-state index contributed by atoms with van der Waals surface area (Å²) in [6.45, 7) is 3.09. The Hall–Kier alpha value is -1.39. The van der Waals surface area contributed by atoms with Gasteiger partial charge in [0.15, 0.2) is 0 Å². The van der Waals surface area contributed by atoms with Gasteiger partial charge >= 0.3 is 0 Å². The van der Waals surface area contributed by atoms with E-state index in [4.69, 9.17) is 4.74 Å². The van der Waals surface area contributed by atoms with E-state index < -0.39 is 0 Å². The van der Waals surface area contributed by atoms with Crippen molar-refractivity contribution in [2.75, 3.05) is 19.8 Å². The van der Waals surface area contributed by atoms with Crippen molar-refractivity contribution in [1.29, 1.82) is 0 Å². The van der Waals surface area contributed by atoms with Crippen LogP contribution in [0.2, 0.25) is 0 Å². The molecule has 1 amide bonds. The largest absolute Gasteiger partial charge is 0.394 e. The van der Waals surface area contributed by atoms with Gasteiger partial charge in [-0.15, -0.1) is 0 Å². The zero-order valence-electron chi connectivity index (χ0n) is 11.5. The minimum atomic E-state index is -0.235. The second-order valence-electron chi connectivity index (χ2n) is 4.50. The molecule has 1 rings (SSSR count). The fourth-order valence-electron chi connectivity index (χ4n) is 1.77. The van der Waals surface area contributed by atoms with Crippen LogP contribution in [0.3, 0.4) is 0 Å². The smallest absolute Gasteiger partial charge is 0.222 e. The molecule has 0 aliphatic heterocycles. The Balaban J connectivity index is 2.29. The summed E-state index contributed by atoms with van der Waals surface area (Å²) in [5.74, 6) is -0.0777. The molecule has 0 saturated carbocycles. The highest BCUT2D eigenvalue weighted by Crippen LogP contribution is 2.03. The summed E-state index contributed by atoms with van der Waals surface area (Å²) in [6, 6.07) is 9.58. The third-order valence-corrected chi connectivity index (χ3v) is 2.73. The van der Waals surface area contributed by atoms with Gasteiger partial charge in [-0.1, -0.05) is 37.3 Å². The van der Waals surface area contributed by atoms with Gasteiger partial charge in [-0.25, -0.2) is 0 Å². The second-order valence-corrected chi connectivity index (χ2v) is 4.50. The highest BCUT2D eigenvalue weighted by atomic mass is 16.5. The van der Waals surface area contributed by atoms with Crippen LogP contribution < -0.4 is 5.32 Å². The molecule has 106 valence electrons. The first-order valence-electron chi connectivity index (χ1n) is 6.78. The van der Waals surface area contributed by atoms with Crippen molar-refractivity contribution in [3.63, 3.8) is 0 Å². The average Bonchev–Trinajstić information content (AvgIpc) is 2.44. The predicted octanol–water partition coefficient (Wildman–Crippen LogP) is 1.52. The number of rotatable bonds is 9. The summed E-state index contributed by atoms with van der Waals surface area (Å²) in [6.07, 6.45) is 1.93. The molecular weight excluding hydrogens is 242 g/mol. The molecule has 0 fully saturated rings. The molecule has 4 nitrogen and oxygen atoms in total. The molecule has 0 saturated heterocycles. The van der Waals surface area contributed by atoms with Gasteiger partial charge in [0, 0.05) is 13.0 Å². The van der Waals surface area contributed by atoms with Crippen molar-refractivity contribution < 1.29 is 14.6 Å². The minimum Gasteiger partial charge on any atom is -0.394 e. The number of benzene rings is 1. The van der Waals surface area contributed by atoms with E-state index in [0.717, 1.165) is 12.0 Å². The predicted molar refractivity (Wildman–Crippen MR) is 74.9 cm³/mol. The maximum absolute atomic E-state index is 11.7. The van der Waals surface area contributed by atoms with Crippen molar-refractivity contribution >= 4 is 5.91 Å². The number of carbonyl (C=O) groups excluding carboxylic acids is 1. The topological polar surface area (TPSA) is 58.6 Å². The molecule has 0 aromatic heterocycles. The molecule has 1 atom stereocenters. The summed E-state index contributed by atoms with van der Waals surface area (Å²) in [5.41, 5.74) is 1.10. The zero-order chi connectivity index (χ0) is 13.9. The van der Waals surface area contributed by atoms with E-state index in [2.05, 4.69) is 5.32 Å². The number of aliphatic hydroxyl groups is 1. The van der Waals surface area contributed by atoms with E-state index in [1.807, 2.05) is 37.3 Å². The molecule has 1 aromatic rings. The van der Waals surface area contributed by atoms with Crippen LogP contribution in [0.15, 0.2) is 30.3 Å². The molecule has 0 heterocycles. The third-order valence-electron chi connectivity index (χ3n) is 2.73. The van der Waals surface area contributed by atoms with Crippen LogP contribution in [0, 0.1) is 0 Å². The SMILES string of the molecule is CCCOCCC(=O)NC(CO)Cc1ccccc1. The Labute approximate surface area is 114 Å². The van der Waals surface area contributed by atoms with Crippen molar-refractivity contribution in [1.82, 2.24) is 5.32 Å². The molecule has 1 aromatic carbocycles. The summed E-state index contributed by atoms with van der Waals surface area (Å²) in [7, 11) is 0. The molecule has 2 N–H and O–H groups in total. The number of aliphatic hydroxyl groups excluding tert-OH is 1. The van der Waals surface area contributed by atoms with E-state index in [1.165, 1.54) is 0 Å². The quantitative estimate of drug-likeness (QED) is 0.666. The Morgan fingerprint density at radius 2 is 2.05 bits per heavy atom. The van der Waals surface area contributed by atoms with Crippen LogP contribution in [0.5, 0.6) is 0 Å². The minimum absolute atomic E-state index is 0.0591. The molecular formula is C15H23NO3. The number of hydrogen-bond donors (Lipinski definition) is 2. The third kappa shape index (κ3) is 6.94. The first-order chi connectivity index (χ1) is 9.26. The van der Waals surface area contributed by atoms with Gasteiger partial charge in [0.2, 0.25) is 5.91 Å². The van der Waals surface area contributed by atoms with Crippen molar-refractivity contribution in [2.24, 2.45) is 0 Å². The Bertz CT molecular complexity index is 354. The molecule has 1 unspecified atom stereocenters. The van der Waals surface area contributed by atoms with Gasteiger partial charge in [0.25, 0.3) is 0 Å². The molecule has 0 aliphatic carbocycles. The van der Waals surface area contributed by atoms with Gasteiger partial charge < -0.3 is 15.2 Å². The summed E-state index contributed by atoms with van der Waals surface area (Å²) in [5, 5.41) is 12.1. The van der Waals surface area contributed by atoms with Gasteiger partial charge in [-0.05, 0) is 18.4 Å². The van der Waals surface area contributed by atoms with Crippen molar-refractivity contribution in [2.45, 2.75) is 32.2 Å². The summed E-state index contributed by atoms with van der Waals surface area (Å²) < 4.78 is 5.26. The number of ether oxygens (including phenoxy) is 1. The normalized spacial score (nSPS) is 12.1. The molecule has 0 bridgehead atoms. The number of nitrogens with one attached hydrogen (secondary N) is 1. The van der Waals surface area contributed by atoms with Crippen molar-refractivity contribution in [3.05, 3.63) is 35.9 Å². The maximum atomic E-state index is 11.7. The molecule has 4 heteroatoms. The molecule has 19 heavy (non-hydrogen) atoms. The zero-order valence-corrected chi connectivity index (χ0v) is 11.5. The lowest BCUT2D eigenvalue weighted by molar-refractivity contribution is -0.123. The van der Waals surface area contributed by atoms with Gasteiger partial charge in [0.1, 0.15) is 0 Å². The summed E-state index contributed by atoms with van der Waals surface area (Å²) >= 11 is 0. The van der Waals surface area contributed by atoms with Crippen LogP contribution in [-0.2, 0) is 16.0 Å². The highest BCUT2D eigenvalue weighted by molar-refractivity contribution is 5.76. The van der Waals surface area contributed by atoms with Gasteiger partial charge in [-0.3, -0.25) is 4.79 Å². The fraction of sp³-hybridized carbons (Fsp3) is 0.533. The lowest BCUT2D eigenvalue weighted by Crippen LogP contribution is -2.39.